The summed E-state index contributed by atoms with van der Waals surface area (Å²) < 4.78 is 5.18. The zero-order valence-electron chi connectivity index (χ0n) is 10.5. The minimum Gasteiger partial charge on any atom is -0.481 e. The quantitative estimate of drug-likeness (QED) is 0.860. The van der Waals surface area contributed by atoms with Crippen molar-refractivity contribution >= 4 is 11.5 Å². The van der Waals surface area contributed by atoms with Crippen LogP contribution >= 0.6 is 0 Å². The van der Waals surface area contributed by atoms with E-state index >= 15 is 0 Å². The number of hydrogen-bond donors (Lipinski definition) is 2. The van der Waals surface area contributed by atoms with Crippen molar-refractivity contribution in [2.45, 2.75) is 13.5 Å². The van der Waals surface area contributed by atoms with Gasteiger partial charge in [0.05, 0.1) is 12.8 Å². The van der Waals surface area contributed by atoms with E-state index in [1.54, 1.807) is 19.5 Å². The van der Waals surface area contributed by atoms with E-state index in [-0.39, 0.29) is 0 Å². The SMILES string of the molecule is COc1ncccc1CNc1ncc(C)cc1N. The lowest BCUT2D eigenvalue weighted by Crippen LogP contribution is -2.06. The molecular weight excluding hydrogens is 228 g/mol. The summed E-state index contributed by atoms with van der Waals surface area (Å²) in [5.41, 5.74) is 8.52. The van der Waals surface area contributed by atoms with Crippen LogP contribution in [0.1, 0.15) is 11.1 Å². The smallest absolute Gasteiger partial charge is 0.218 e. The van der Waals surface area contributed by atoms with E-state index < -0.39 is 0 Å². The molecule has 0 aliphatic rings. The van der Waals surface area contributed by atoms with Crippen LogP contribution in [-0.4, -0.2) is 17.1 Å². The highest BCUT2D eigenvalue weighted by Gasteiger charge is 2.05. The third-order valence-corrected chi connectivity index (χ3v) is 2.54. The molecule has 18 heavy (non-hydrogen) atoms. The van der Waals surface area contributed by atoms with Gasteiger partial charge in [-0.05, 0) is 24.6 Å². The predicted molar refractivity (Wildman–Crippen MR) is 71.5 cm³/mol. The number of ether oxygens (including phenoxy) is 1. The molecule has 0 atom stereocenters. The molecule has 2 aromatic heterocycles. The molecule has 0 aliphatic heterocycles. The molecule has 0 fully saturated rings. The summed E-state index contributed by atoms with van der Waals surface area (Å²) in [4.78, 5) is 8.38. The Bertz CT molecular complexity index is 542. The molecule has 94 valence electrons. The molecule has 3 N–H and O–H groups in total. The van der Waals surface area contributed by atoms with Crippen LogP contribution in [0.5, 0.6) is 5.88 Å². The van der Waals surface area contributed by atoms with Crippen LogP contribution in [0, 0.1) is 6.92 Å². The number of aryl methyl sites for hydroxylation is 1. The number of anilines is 2. The topological polar surface area (TPSA) is 73.1 Å². The zero-order chi connectivity index (χ0) is 13.0. The van der Waals surface area contributed by atoms with Crippen LogP contribution in [0.15, 0.2) is 30.6 Å². The number of nitrogens with zero attached hydrogens (tertiary/aromatic N) is 2. The van der Waals surface area contributed by atoms with Crippen LogP contribution < -0.4 is 15.8 Å². The van der Waals surface area contributed by atoms with Gasteiger partial charge in [0.25, 0.3) is 0 Å². The van der Waals surface area contributed by atoms with Crippen molar-refractivity contribution in [1.82, 2.24) is 9.97 Å². The van der Waals surface area contributed by atoms with Gasteiger partial charge in [0.1, 0.15) is 5.82 Å². The van der Waals surface area contributed by atoms with Gasteiger partial charge in [0, 0.05) is 24.5 Å². The lowest BCUT2D eigenvalue weighted by molar-refractivity contribution is 0.393. The molecule has 2 heterocycles. The first-order valence-corrected chi connectivity index (χ1v) is 5.64. The maximum absolute atomic E-state index is 5.88. The van der Waals surface area contributed by atoms with Gasteiger partial charge in [-0.2, -0.15) is 0 Å². The number of rotatable bonds is 4. The van der Waals surface area contributed by atoms with Gasteiger partial charge in [-0.1, -0.05) is 6.07 Å². The van der Waals surface area contributed by atoms with Crippen molar-refractivity contribution in [2.24, 2.45) is 0 Å². The van der Waals surface area contributed by atoms with Gasteiger partial charge in [0.15, 0.2) is 0 Å². The monoisotopic (exact) mass is 244 g/mol. The van der Waals surface area contributed by atoms with Crippen molar-refractivity contribution in [2.75, 3.05) is 18.2 Å². The Morgan fingerprint density at radius 3 is 2.94 bits per heavy atom. The first-order chi connectivity index (χ1) is 8.70. The van der Waals surface area contributed by atoms with Crippen molar-refractivity contribution in [1.29, 1.82) is 0 Å². The molecule has 0 saturated heterocycles. The highest BCUT2D eigenvalue weighted by atomic mass is 16.5. The Balaban J connectivity index is 2.11. The average molecular weight is 244 g/mol. The standard InChI is InChI=1S/C13H16N4O/c1-9-6-11(14)12(16-7-9)17-8-10-4-3-5-15-13(10)18-2/h3-7H,8,14H2,1-2H3,(H,16,17). The highest BCUT2D eigenvalue weighted by molar-refractivity contribution is 5.61. The van der Waals surface area contributed by atoms with E-state index in [0.29, 0.717) is 23.9 Å². The molecule has 0 aliphatic carbocycles. The molecule has 0 radical (unpaired) electrons. The number of methoxy groups -OCH3 is 1. The lowest BCUT2D eigenvalue weighted by Gasteiger charge is -2.10. The van der Waals surface area contributed by atoms with Crippen LogP contribution in [0.4, 0.5) is 11.5 Å². The van der Waals surface area contributed by atoms with E-state index in [0.717, 1.165) is 11.1 Å². The van der Waals surface area contributed by atoms with Gasteiger partial charge < -0.3 is 15.8 Å². The summed E-state index contributed by atoms with van der Waals surface area (Å²) in [6, 6.07) is 5.70. The summed E-state index contributed by atoms with van der Waals surface area (Å²) in [7, 11) is 1.60. The number of pyridine rings is 2. The third-order valence-electron chi connectivity index (χ3n) is 2.54. The van der Waals surface area contributed by atoms with Gasteiger partial charge in [-0.3, -0.25) is 0 Å². The van der Waals surface area contributed by atoms with E-state index in [2.05, 4.69) is 15.3 Å². The molecule has 0 saturated carbocycles. The fourth-order valence-corrected chi connectivity index (χ4v) is 1.66. The van der Waals surface area contributed by atoms with Crippen molar-refractivity contribution < 1.29 is 4.74 Å². The zero-order valence-corrected chi connectivity index (χ0v) is 10.5. The molecule has 0 unspecified atom stereocenters. The molecule has 5 nitrogen and oxygen atoms in total. The van der Waals surface area contributed by atoms with Crippen LogP contribution in [-0.2, 0) is 6.54 Å². The number of nitrogens with one attached hydrogen (secondary N) is 1. The van der Waals surface area contributed by atoms with Crippen LogP contribution in [0.2, 0.25) is 0 Å². The second-order valence-corrected chi connectivity index (χ2v) is 3.98. The van der Waals surface area contributed by atoms with Crippen molar-refractivity contribution in [3.63, 3.8) is 0 Å². The van der Waals surface area contributed by atoms with Gasteiger partial charge >= 0.3 is 0 Å². The molecule has 0 amide bonds. The molecule has 2 aromatic rings. The number of nitrogens with two attached hydrogens (primary N) is 1. The fourth-order valence-electron chi connectivity index (χ4n) is 1.66. The molecule has 0 aromatic carbocycles. The first-order valence-electron chi connectivity index (χ1n) is 5.64. The maximum Gasteiger partial charge on any atom is 0.218 e. The van der Waals surface area contributed by atoms with Crippen molar-refractivity contribution in [3.05, 3.63) is 41.7 Å². The molecule has 0 bridgehead atoms. The highest BCUT2D eigenvalue weighted by Crippen LogP contribution is 2.19. The van der Waals surface area contributed by atoms with E-state index in [9.17, 15) is 0 Å². The molecule has 0 spiro atoms. The summed E-state index contributed by atoms with van der Waals surface area (Å²) in [6.45, 7) is 2.52. The Hall–Kier alpha value is -2.30. The van der Waals surface area contributed by atoms with Crippen molar-refractivity contribution in [3.8, 4) is 5.88 Å². The minimum atomic E-state index is 0.567. The Morgan fingerprint density at radius 2 is 2.22 bits per heavy atom. The Morgan fingerprint density at radius 1 is 1.39 bits per heavy atom. The molecule has 5 heteroatoms. The van der Waals surface area contributed by atoms with Gasteiger partial charge in [-0.25, -0.2) is 9.97 Å². The summed E-state index contributed by atoms with van der Waals surface area (Å²) in [6.07, 6.45) is 3.47. The number of hydrogen-bond acceptors (Lipinski definition) is 5. The largest absolute Gasteiger partial charge is 0.481 e. The third kappa shape index (κ3) is 2.68. The summed E-state index contributed by atoms with van der Waals surface area (Å²) in [5.74, 6) is 1.28. The number of nitrogen functional groups attached to an aromatic ring is 1. The van der Waals surface area contributed by atoms with Gasteiger partial charge in [-0.15, -0.1) is 0 Å². The predicted octanol–water partition coefficient (Wildman–Crippen LogP) is 1.99. The van der Waals surface area contributed by atoms with E-state index in [1.807, 2.05) is 25.1 Å². The van der Waals surface area contributed by atoms with E-state index in [4.69, 9.17) is 10.5 Å². The maximum atomic E-state index is 5.88. The lowest BCUT2D eigenvalue weighted by atomic mass is 10.2. The number of aromatic nitrogens is 2. The van der Waals surface area contributed by atoms with Crippen LogP contribution in [0.3, 0.4) is 0 Å². The van der Waals surface area contributed by atoms with Crippen LogP contribution in [0.25, 0.3) is 0 Å². The normalized spacial score (nSPS) is 10.1. The summed E-state index contributed by atoms with van der Waals surface area (Å²) in [5, 5.41) is 3.18. The first kappa shape index (κ1) is 12.2. The van der Waals surface area contributed by atoms with Gasteiger partial charge in [0.2, 0.25) is 5.88 Å². The Labute approximate surface area is 106 Å². The second kappa shape index (κ2) is 5.35. The minimum absolute atomic E-state index is 0.567. The summed E-state index contributed by atoms with van der Waals surface area (Å²) >= 11 is 0. The average Bonchev–Trinajstić information content (AvgIpc) is 2.38. The fraction of sp³-hybridized carbons (Fsp3) is 0.231. The van der Waals surface area contributed by atoms with E-state index in [1.165, 1.54) is 0 Å². The second-order valence-electron chi connectivity index (χ2n) is 3.98. The molecule has 2 rings (SSSR count). The molecular formula is C13H16N4O. The Kier molecular flexibility index (Phi) is 3.62.